The molecule has 3 rings (SSSR count). The lowest BCUT2D eigenvalue weighted by molar-refractivity contribution is -0.0141. The van der Waals surface area contributed by atoms with Crippen LogP contribution in [0.15, 0.2) is 42.7 Å². The Bertz CT molecular complexity index is 656. The van der Waals surface area contributed by atoms with Crippen molar-refractivity contribution >= 4 is 5.91 Å². The first-order chi connectivity index (χ1) is 11.1. The zero-order chi connectivity index (χ0) is 16.2. The normalized spacial score (nSPS) is 24.2. The number of aliphatic hydroxyl groups excluding tert-OH is 1. The molecule has 6 nitrogen and oxygen atoms in total. The number of carbonyl (C=O) groups excluding carboxylic acids is 1. The van der Waals surface area contributed by atoms with Gasteiger partial charge in [0.05, 0.1) is 6.04 Å². The van der Waals surface area contributed by atoms with Gasteiger partial charge in [-0.25, -0.2) is 4.98 Å². The molecule has 0 aliphatic heterocycles. The molecular weight excluding hydrogens is 294 g/mol. The van der Waals surface area contributed by atoms with Crippen LogP contribution in [-0.4, -0.2) is 38.8 Å². The van der Waals surface area contributed by atoms with Crippen molar-refractivity contribution in [1.29, 1.82) is 0 Å². The SMILES string of the molecule is Cn1ccnc1C(=O)N[C@@H]1CCC[C@@H](Oc2ccccc2)[C@@H]1O. The molecule has 0 saturated heterocycles. The lowest BCUT2D eigenvalue weighted by Gasteiger charge is -2.35. The minimum atomic E-state index is -0.742. The van der Waals surface area contributed by atoms with Crippen LogP contribution in [0.25, 0.3) is 0 Å². The third-order valence-electron chi connectivity index (χ3n) is 4.17. The average molecular weight is 315 g/mol. The third kappa shape index (κ3) is 3.53. The van der Waals surface area contributed by atoms with Crippen molar-refractivity contribution in [1.82, 2.24) is 14.9 Å². The monoisotopic (exact) mass is 315 g/mol. The fraction of sp³-hybridized carbons (Fsp3) is 0.412. The second-order valence-corrected chi connectivity index (χ2v) is 5.83. The number of rotatable bonds is 4. The van der Waals surface area contributed by atoms with E-state index in [0.29, 0.717) is 5.82 Å². The Morgan fingerprint density at radius 1 is 1.35 bits per heavy atom. The molecule has 1 aliphatic carbocycles. The maximum absolute atomic E-state index is 12.3. The number of imidazole rings is 1. The summed E-state index contributed by atoms with van der Waals surface area (Å²) in [6.45, 7) is 0. The number of amides is 1. The summed E-state index contributed by atoms with van der Waals surface area (Å²) in [5.41, 5.74) is 0. The van der Waals surface area contributed by atoms with E-state index in [2.05, 4.69) is 10.3 Å². The lowest BCUT2D eigenvalue weighted by atomic mass is 9.89. The Kier molecular flexibility index (Phi) is 4.62. The number of ether oxygens (including phenoxy) is 1. The fourth-order valence-electron chi connectivity index (χ4n) is 2.92. The summed E-state index contributed by atoms with van der Waals surface area (Å²) in [7, 11) is 1.76. The molecular formula is C17H21N3O3. The van der Waals surface area contributed by atoms with Crippen molar-refractivity contribution in [3.05, 3.63) is 48.5 Å². The molecule has 0 spiro atoms. The van der Waals surface area contributed by atoms with Crippen LogP contribution in [0.5, 0.6) is 5.75 Å². The van der Waals surface area contributed by atoms with Gasteiger partial charge in [-0.2, -0.15) is 0 Å². The Morgan fingerprint density at radius 2 is 2.13 bits per heavy atom. The predicted octanol–water partition coefficient (Wildman–Crippen LogP) is 1.51. The number of aryl methyl sites for hydroxylation is 1. The molecule has 3 atom stereocenters. The summed E-state index contributed by atoms with van der Waals surface area (Å²) < 4.78 is 7.53. The molecule has 0 bridgehead atoms. The Labute approximate surface area is 135 Å². The summed E-state index contributed by atoms with van der Waals surface area (Å²) in [6, 6.07) is 9.10. The molecule has 6 heteroatoms. The van der Waals surface area contributed by atoms with E-state index < -0.39 is 6.10 Å². The van der Waals surface area contributed by atoms with Crippen molar-refractivity contribution in [2.45, 2.75) is 37.5 Å². The van der Waals surface area contributed by atoms with Crippen LogP contribution in [0.2, 0.25) is 0 Å². The van der Waals surface area contributed by atoms with Gasteiger partial charge in [0.2, 0.25) is 0 Å². The predicted molar refractivity (Wildman–Crippen MR) is 85.2 cm³/mol. The number of hydrogen-bond donors (Lipinski definition) is 2. The molecule has 122 valence electrons. The molecule has 0 radical (unpaired) electrons. The van der Waals surface area contributed by atoms with Gasteiger partial charge in [-0.05, 0) is 31.4 Å². The van der Waals surface area contributed by atoms with Gasteiger partial charge in [0.25, 0.3) is 5.91 Å². The van der Waals surface area contributed by atoms with Crippen molar-refractivity contribution in [2.75, 3.05) is 0 Å². The number of aliphatic hydroxyl groups is 1. The molecule has 1 aromatic heterocycles. The van der Waals surface area contributed by atoms with Crippen LogP contribution in [0.3, 0.4) is 0 Å². The standard InChI is InChI=1S/C17H21N3O3/c1-20-11-10-18-16(20)17(22)19-13-8-5-9-14(15(13)21)23-12-6-3-2-4-7-12/h2-4,6-7,10-11,13-15,21H,5,8-9H2,1H3,(H,19,22)/t13-,14-,15-/m1/s1. The molecule has 1 aromatic carbocycles. The molecule has 2 aromatic rings. The van der Waals surface area contributed by atoms with Gasteiger partial charge in [-0.1, -0.05) is 18.2 Å². The average Bonchev–Trinajstić information content (AvgIpc) is 2.98. The summed E-state index contributed by atoms with van der Waals surface area (Å²) in [4.78, 5) is 16.3. The first-order valence-corrected chi connectivity index (χ1v) is 7.83. The summed E-state index contributed by atoms with van der Waals surface area (Å²) >= 11 is 0. The highest BCUT2D eigenvalue weighted by Crippen LogP contribution is 2.24. The van der Waals surface area contributed by atoms with Crippen molar-refractivity contribution < 1.29 is 14.6 Å². The van der Waals surface area contributed by atoms with Crippen LogP contribution in [0.1, 0.15) is 29.9 Å². The van der Waals surface area contributed by atoms with E-state index in [1.54, 1.807) is 24.0 Å². The van der Waals surface area contributed by atoms with Crippen LogP contribution in [0.4, 0.5) is 0 Å². The third-order valence-corrected chi connectivity index (χ3v) is 4.17. The van der Waals surface area contributed by atoms with E-state index in [9.17, 15) is 9.90 Å². The maximum Gasteiger partial charge on any atom is 0.287 e. The topological polar surface area (TPSA) is 76.4 Å². The van der Waals surface area contributed by atoms with Gasteiger partial charge >= 0.3 is 0 Å². The van der Waals surface area contributed by atoms with Crippen molar-refractivity contribution in [3.8, 4) is 5.75 Å². The van der Waals surface area contributed by atoms with Crippen LogP contribution in [-0.2, 0) is 7.05 Å². The number of nitrogens with one attached hydrogen (secondary N) is 1. The highest BCUT2D eigenvalue weighted by atomic mass is 16.5. The number of hydrogen-bond acceptors (Lipinski definition) is 4. The molecule has 2 N–H and O–H groups in total. The second-order valence-electron chi connectivity index (χ2n) is 5.83. The van der Waals surface area contributed by atoms with Crippen LogP contribution in [0, 0.1) is 0 Å². The highest BCUT2D eigenvalue weighted by molar-refractivity contribution is 5.91. The minimum absolute atomic E-state index is 0.276. The van der Waals surface area contributed by atoms with E-state index in [-0.39, 0.29) is 18.1 Å². The summed E-state index contributed by atoms with van der Waals surface area (Å²) in [5.74, 6) is 0.790. The smallest absolute Gasteiger partial charge is 0.287 e. The second kappa shape index (κ2) is 6.83. The molecule has 1 amide bonds. The van der Waals surface area contributed by atoms with Gasteiger partial charge < -0.3 is 19.7 Å². The Balaban J connectivity index is 1.64. The number of nitrogens with zero attached hydrogens (tertiary/aromatic N) is 2. The molecule has 1 heterocycles. The molecule has 1 fully saturated rings. The van der Waals surface area contributed by atoms with E-state index in [4.69, 9.17) is 4.74 Å². The van der Waals surface area contributed by atoms with E-state index in [1.807, 2.05) is 30.3 Å². The minimum Gasteiger partial charge on any atom is -0.488 e. The number of para-hydroxylation sites is 1. The molecule has 23 heavy (non-hydrogen) atoms. The van der Waals surface area contributed by atoms with E-state index in [1.165, 1.54) is 0 Å². The van der Waals surface area contributed by atoms with Gasteiger partial charge in [-0.3, -0.25) is 4.79 Å². The Morgan fingerprint density at radius 3 is 2.83 bits per heavy atom. The molecule has 1 aliphatic rings. The fourth-order valence-corrected chi connectivity index (χ4v) is 2.92. The first-order valence-electron chi connectivity index (χ1n) is 7.83. The zero-order valence-electron chi connectivity index (χ0n) is 13.1. The number of aromatic nitrogens is 2. The van der Waals surface area contributed by atoms with Gasteiger partial charge in [0.15, 0.2) is 5.82 Å². The van der Waals surface area contributed by atoms with Crippen LogP contribution < -0.4 is 10.1 Å². The zero-order valence-corrected chi connectivity index (χ0v) is 13.1. The highest BCUT2D eigenvalue weighted by Gasteiger charge is 2.34. The lowest BCUT2D eigenvalue weighted by Crippen LogP contribution is -2.53. The number of benzene rings is 1. The Hall–Kier alpha value is -2.34. The van der Waals surface area contributed by atoms with Gasteiger partial charge in [0, 0.05) is 19.4 Å². The quantitative estimate of drug-likeness (QED) is 0.897. The van der Waals surface area contributed by atoms with E-state index >= 15 is 0 Å². The van der Waals surface area contributed by atoms with Crippen LogP contribution >= 0.6 is 0 Å². The van der Waals surface area contributed by atoms with Crippen molar-refractivity contribution in [2.24, 2.45) is 7.05 Å². The maximum atomic E-state index is 12.3. The molecule has 1 saturated carbocycles. The summed E-state index contributed by atoms with van der Waals surface area (Å²) in [6.07, 6.45) is 4.61. The molecule has 0 unspecified atom stereocenters. The largest absolute Gasteiger partial charge is 0.488 e. The van der Waals surface area contributed by atoms with E-state index in [0.717, 1.165) is 25.0 Å². The first kappa shape index (κ1) is 15.6. The number of carbonyl (C=O) groups is 1. The summed E-state index contributed by atoms with van der Waals surface area (Å²) in [5, 5.41) is 13.4. The van der Waals surface area contributed by atoms with Gasteiger partial charge in [0.1, 0.15) is 18.0 Å². The van der Waals surface area contributed by atoms with Gasteiger partial charge in [-0.15, -0.1) is 0 Å². The van der Waals surface area contributed by atoms with Crippen molar-refractivity contribution in [3.63, 3.8) is 0 Å².